The summed E-state index contributed by atoms with van der Waals surface area (Å²) < 4.78 is 43.1. The van der Waals surface area contributed by atoms with Crippen LogP contribution in [0, 0.1) is 23.7 Å². The van der Waals surface area contributed by atoms with Gasteiger partial charge in [0.25, 0.3) is 0 Å². The number of rotatable bonds is 11. The van der Waals surface area contributed by atoms with Crippen LogP contribution in [0.2, 0.25) is 0 Å². The molecule has 3 aliphatic rings. The van der Waals surface area contributed by atoms with Gasteiger partial charge in [0, 0.05) is 67.4 Å². The number of carbonyl (C=O) groups is 3. The molecule has 1 amide bonds. The Hall–Kier alpha value is -3.40. The van der Waals surface area contributed by atoms with Crippen molar-refractivity contribution in [3.05, 3.63) is 42.1 Å². The van der Waals surface area contributed by atoms with E-state index in [0.717, 1.165) is 16.5 Å². The molecule has 12 unspecified atom stereocenters. The molecule has 372 valence electrons. The van der Waals surface area contributed by atoms with Gasteiger partial charge in [-0.3, -0.25) is 14.6 Å². The van der Waals surface area contributed by atoms with E-state index in [1.165, 1.54) is 27.9 Å². The number of Topliss-reactive ketones (excluding diaryl/α,β-unsaturated/α-hetero) is 1. The number of ether oxygens (including phenoxy) is 7. The Bertz CT molecular complexity index is 1950. The Morgan fingerprint density at radius 2 is 1.61 bits per heavy atom. The summed E-state index contributed by atoms with van der Waals surface area (Å²) in [5, 5.41) is 62.6. The molecule has 3 fully saturated rings. The van der Waals surface area contributed by atoms with Gasteiger partial charge >= 0.3 is 12.1 Å². The van der Waals surface area contributed by atoms with E-state index in [2.05, 4.69) is 10.3 Å². The number of esters is 1. The van der Waals surface area contributed by atoms with Crippen molar-refractivity contribution in [3.63, 3.8) is 0 Å². The van der Waals surface area contributed by atoms with Gasteiger partial charge in [-0.15, -0.1) is 0 Å². The second-order valence-corrected chi connectivity index (χ2v) is 19.8. The Balaban J connectivity index is 1.49. The lowest BCUT2D eigenvalue weighted by Crippen LogP contribution is -2.61. The number of pyridine rings is 1. The number of benzene rings is 1. The van der Waals surface area contributed by atoms with Gasteiger partial charge in [-0.25, -0.2) is 4.79 Å². The summed E-state index contributed by atoms with van der Waals surface area (Å²) in [5.41, 5.74) is -3.78. The Morgan fingerprint density at radius 1 is 0.924 bits per heavy atom. The molecular weight excluding hydrogens is 859 g/mol. The fraction of sp³-hybridized carbons (Fsp3) is 0.750. The SMILES string of the molecule is COC1(C)CC(OC2C(C)C(=O)O[C@H](CCNC(=O)OCc3ccnc4ccccc34)[C@@](C)(O)C(O)[C@@H](C)C(=O)[C@H](C)C[C@@](C)(O)C(OC3OC(C)CC(N(C)C)C3O)[C@H]2C)OC(C)C1O. The summed E-state index contributed by atoms with van der Waals surface area (Å²) in [6.07, 6.45) is -10.5. The Kier molecular flexibility index (Phi) is 17.8. The quantitative estimate of drug-likeness (QED) is 0.177. The van der Waals surface area contributed by atoms with Crippen molar-refractivity contribution in [1.82, 2.24) is 15.2 Å². The van der Waals surface area contributed by atoms with Gasteiger partial charge in [0.2, 0.25) is 0 Å². The zero-order chi connectivity index (χ0) is 49.1. The van der Waals surface area contributed by atoms with Crippen LogP contribution < -0.4 is 5.32 Å². The van der Waals surface area contributed by atoms with Crippen molar-refractivity contribution >= 4 is 28.7 Å². The van der Waals surface area contributed by atoms with Crippen LogP contribution in [0.4, 0.5) is 4.79 Å². The van der Waals surface area contributed by atoms with Crippen LogP contribution in [0.3, 0.4) is 0 Å². The van der Waals surface area contributed by atoms with Crippen LogP contribution in [0.25, 0.3) is 10.9 Å². The summed E-state index contributed by atoms with van der Waals surface area (Å²) in [6, 6.07) is 8.79. The summed E-state index contributed by atoms with van der Waals surface area (Å²) in [5.74, 6) is -5.71. The fourth-order valence-corrected chi connectivity index (χ4v) is 10.0. The Labute approximate surface area is 388 Å². The van der Waals surface area contributed by atoms with E-state index >= 15 is 0 Å². The molecule has 0 bridgehead atoms. The number of nitrogens with zero attached hydrogens (tertiary/aromatic N) is 2. The molecule has 66 heavy (non-hydrogen) atoms. The van der Waals surface area contributed by atoms with Gasteiger partial charge in [-0.1, -0.05) is 39.0 Å². The van der Waals surface area contributed by atoms with Crippen molar-refractivity contribution in [1.29, 1.82) is 0 Å². The number of hydrogen-bond donors (Lipinski definition) is 6. The molecule has 1 aromatic heterocycles. The molecule has 1 aromatic carbocycles. The standard InChI is InChI=1S/C48H75N3O15/c1-25-22-46(7,58)42(66-44-38(53)34(51(10)11)21-26(2)62-44)28(4)39(65-36-23-47(8,60-12)41(55)30(6)63-36)29(5)43(56)64-35(48(9,59)40(54)27(3)37(25)52)18-20-50-45(57)61-24-31-17-19-49-33-16-14-13-15-32(31)33/h13-17,19,25-30,34-36,38-42,44,53-55,58-59H,18,20-24H2,1-12H3,(H,50,57)/t25-,26?,27+,28+,29?,30?,34?,35-,36?,38?,39?,40?,41?,42?,44?,46-,47?,48-/m1/s1. The van der Waals surface area contributed by atoms with Gasteiger partial charge in [-0.05, 0) is 80.6 Å². The van der Waals surface area contributed by atoms with Crippen LogP contribution in [-0.2, 0) is 49.4 Å². The number of amides is 1. The zero-order valence-corrected chi connectivity index (χ0v) is 40.6. The first-order valence-electron chi connectivity index (χ1n) is 23.1. The number of hydrogen-bond acceptors (Lipinski definition) is 17. The lowest BCUT2D eigenvalue weighted by atomic mass is 9.74. The number of ketones is 1. The maximum Gasteiger partial charge on any atom is 0.407 e. The molecule has 3 aliphatic heterocycles. The number of nitrogens with one attached hydrogen (secondary N) is 1. The van der Waals surface area contributed by atoms with Crippen LogP contribution in [0.5, 0.6) is 0 Å². The predicted octanol–water partition coefficient (Wildman–Crippen LogP) is 3.24. The van der Waals surface area contributed by atoms with Crippen LogP contribution >= 0.6 is 0 Å². The van der Waals surface area contributed by atoms with Gasteiger partial charge < -0.3 is 68.9 Å². The maximum atomic E-state index is 14.7. The smallest absolute Gasteiger partial charge is 0.407 e. The van der Waals surface area contributed by atoms with Crippen molar-refractivity contribution in [2.24, 2.45) is 23.7 Å². The van der Waals surface area contributed by atoms with E-state index < -0.39 is 114 Å². The molecule has 18 atom stereocenters. The molecule has 0 radical (unpaired) electrons. The lowest BCUT2D eigenvalue weighted by Gasteiger charge is -2.49. The number of aliphatic hydroxyl groups excluding tert-OH is 3. The molecule has 5 rings (SSSR count). The molecule has 6 N–H and O–H groups in total. The van der Waals surface area contributed by atoms with E-state index in [1.807, 2.05) is 50.2 Å². The van der Waals surface area contributed by atoms with Gasteiger partial charge in [0.15, 0.2) is 12.6 Å². The van der Waals surface area contributed by atoms with Gasteiger partial charge in [-0.2, -0.15) is 0 Å². The molecular formula is C48H75N3O15. The highest BCUT2D eigenvalue weighted by atomic mass is 16.7. The third kappa shape index (κ3) is 12.1. The number of methoxy groups -OCH3 is 1. The number of aromatic nitrogens is 1. The number of likely N-dealkylation sites (N-methyl/N-ethyl adjacent to an activating group) is 1. The Morgan fingerprint density at radius 3 is 2.27 bits per heavy atom. The summed E-state index contributed by atoms with van der Waals surface area (Å²) in [7, 11) is 5.12. The molecule has 18 nitrogen and oxygen atoms in total. The van der Waals surface area contributed by atoms with Crippen molar-refractivity contribution in [2.75, 3.05) is 27.7 Å². The van der Waals surface area contributed by atoms with E-state index in [-0.39, 0.29) is 44.6 Å². The minimum atomic E-state index is -2.25. The number of para-hydroxylation sites is 1. The molecule has 0 saturated carbocycles. The average molecular weight is 934 g/mol. The van der Waals surface area contributed by atoms with Crippen molar-refractivity contribution in [2.45, 2.75) is 179 Å². The molecule has 0 aliphatic carbocycles. The van der Waals surface area contributed by atoms with Crippen LogP contribution in [0.15, 0.2) is 36.5 Å². The first-order chi connectivity index (χ1) is 30.8. The second kappa shape index (κ2) is 21.9. The lowest BCUT2D eigenvalue weighted by molar-refractivity contribution is -0.318. The largest absolute Gasteiger partial charge is 0.459 e. The van der Waals surface area contributed by atoms with E-state index in [0.29, 0.717) is 6.42 Å². The minimum Gasteiger partial charge on any atom is -0.459 e. The van der Waals surface area contributed by atoms with E-state index in [1.54, 1.807) is 46.9 Å². The molecule has 3 saturated heterocycles. The summed E-state index contributed by atoms with van der Waals surface area (Å²) in [6.45, 7) is 14.0. The van der Waals surface area contributed by atoms with E-state index in [4.69, 9.17) is 33.2 Å². The minimum absolute atomic E-state index is 0.0283. The topological polar surface area (TPSA) is 245 Å². The highest BCUT2D eigenvalue weighted by Gasteiger charge is 2.53. The number of alkyl carbamates (subject to hydrolysis) is 1. The zero-order valence-electron chi connectivity index (χ0n) is 40.6. The predicted molar refractivity (Wildman–Crippen MR) is 241 cm³/mol. The highest BCUT2D eigenvalue weighted by molar-refractivity contribution is 5.84. The average Bonchev–Trinajstić information content (AvgIpc) is 3.26. The maximum absolute atomic E-state index is 14.7. The first-order valence-corrected chi connectivity index (χ1v) is 23.1. The van der Waals surface area contributed by atoms with Crippen molar-refractivity contribution < 1.29 is 73.1 Å². The van der Waals surface area contributed by atoms with E-state index in [9.17, 15) is 39.9 Å². The van der Waals surface area contributed by atoms with Crippen molar-refractivity contribution in [3.8, 4) is 0 Å². The molecule has 0 spiro atoms. The number of aliphatic hydroxyl groups is 5. The molecule has 2 aromatic rings. The van der Waals surface area contributed by atoms with Crippen LogP contribution in [0.1, 0.15) is 93.6 Å². The third-order valence-electron chi connectivity index (χ3n) is 14.2. The third-order valence-corrected chi connectivity index (χ3v) is 14.2. The molecule has 4 heterocycles. The highest BCUT2D eigenvalue weighted by Crippen LogP contribution is 2.41. The van der Waals surface area contributed by atoms with Crippen LogP contribution in [-0.4, -0.2) is 165 Å². The summed E-state index contributed by atoms with van der Waals surface area (Å²) in [4.78, 5) is 48.1. The normalized spacial score (nSPS) is 41.0. The number of carbonyl (C=O) groups excluding carboxylic acids is 3. The molecule has 18 heteroatoms. The monoisotopic (exact) mass is 934 g/mol. The van der Waals surface area contributed by atoms with Gasteiger partial charge in [0.05, 0.1) is 53.2 Å². The summed E-state index contributed by atoms with van der Waals surface area (Å²) >= 11 is 0. The second-order valence-electron chi connectivity index (χ2n) is 19.8. The van der Waals surface area contributed by atoms with Gasteiger partial charge in [0.1, 0.15) is 36.3 Å². The number of fused-ring (bicyclic) bond motifs is 1. The first kappa shape index (κ1) is 53.6. The fourth-order valence-electron chi connectivity index (χ4n) is 10.0. The number of cyclic esters (lactones) is 1.